The number of pyridine rings is 1. The Hall–Kier alpha value is -3.84. The minimum absolute atomic E-state index is 0.110. The molecule has 2 aromatic carbocycles. The third-order valence-corrected chi connectivity index (χ3v) is 6.21. The molecule has 1 aliphatic heterocycles. The van der Waals surface area contributed by atoms with Crippen LogP contribution in [0.1, 0.15) is 28.4 Å². The summed E-state index contributed by atoms with van der Waals surface area (Å²) in [5.74, 6) is -1.44. The predicted molar refractivity (Wildman–Crippen MR) is 129 cm³/mol. The molecule has 0 bridgehead atoms. The number of amides is 1. The topological polar surface area (TPSA) is 89.0 Å². The van der Waals surface area contributed by atoms with E-state index in [-0.39, 0.29) is 21.9 Å². The Labute approximate surface area is 202 Å². The number of hydrogen-bond acceptors (Lipinski definition) is 6. The van der Waals surface area contributed by atoms with Gasteiger partial charge in [0.2, 0.25) is 0 Å². The molecular weight excluding hydrogens is 456 g/mol. The van der Waals surface area contributed by atoms with E-state index in [0.717, 1.165) is 11.1 Å². The van der Waals surface area contributed by atoms with E-state index in [1.54, 1.807) is 30.5 Å². The molecule has 8 heteroatoms. The van der Waals surface area contributed by atoms with Crippen LogP contribution in [0.3, 0.4) is 0 Å². The minimum Gasteiger partial charge on any atom is -0.507 e. The standard InChI is InChI=1S/C26H23ClN2O5/c1-14-8-9-16(11-15(14)2)29-23(19-7-5-6-10-28-19)22(25(31)26(29)32)24(30)17-12-18(27)21(34-4)13-20(17)33-3/h5-13,23,30H,1-4H3/b24-22+. The number of nitrogens with zero attached hydrogens (tertiary/aromatic N) is 2. The van der Waals surface area contributed by atoms with Crippen molar-refractivity contribution in [3.05, 3.63) is 87.7 Å². The molecule has 1 atom stereocenters. The highest BCUT2D eigenvalue weighted by atomic mass is 35.5. The molecule has 1 amide bonds. The number of ether oxygens (including phenoxy) is 2. The van der Waals surface area contributed by atoms with Gasteiger partial charge < -0.3 is 14.6 Å². The lowest BCUT2D eigenvalue weighted by Crippen LogP contribution is -2.29. The van der Waals surface area contributed by atoms with Gasteiger partial charge in [-0.25, -0.2) is 0 Å². The number of aryl methyl sites for hydroxylation is 2. The maximum Gasteiger partial charge on any atom is 0.300 e. The monoisotopic (exact) mass is 478 g/mol. The van der Waals surface area contributed by atoms with Gasteiger partial charge in [0.1, 0.15) is 23.3 Å². The summed E-state index contributed by atoms with van der Waals surface area (Å²) in [6.07, 6.45) is 1.57. The van der Waals surface area contributed by atoms with E-state index in [2.05, 4.69) is 4.98 Å². The van der Waals surface area contributed by atoms with Gasteiger partial charge in [0, 0.05) is 18.0 Å². The van der Waals surface area contributed by atoms with Crippen molar-refractivity contribution in [3.8, 4) is 11.5 Å². The molecule has 1 aromatic heterocycles. The van der Waals surface area contributed by atoms with Crippen molar-refractivity contribution in [2.24, 2.45) is 0 Å². The fourth-order valence-electron chi connectivity index (χ4n) is 3.98. The van der Waals surface area contributed by atoms with Gasteiger partial charge in [-0.15, -0.1) is 0 Å². The Bertz CT molecular complexity index is 1320. The third-order valence-electron chi connectivity index (χ3n) is 5.91. The smallest absolute Gasteiger partial charge is 0.300 e. The Morgan fingerprint density at radius 3 is 2.35 bits per heavy atom. The largest absolute Gasteiger partial charge is 0.507 e. The van der Waals surface area contributed by atoms with Gasteiger partial charge in [-0.1, -0.05) is 23.7 Å². The van der Waals surface area contributed by atoms with E-state index in [1.807, 2.05) is 26.0 Å². The molecular formula is C26H23ClN2O5. The number of hydrogen-bond donors (Lipinski definition) is 1. The lowest BCUT2D eigenvalue weighted by molar-refractivity contribution is -0.132. The van der Waals surface area contributed by atoms with Crippen LogP contribution in [0.4, 0.5) is 5.69 Å². The molecule has 34 heavy (non-hydrogen) atoms. The SMILES string of the molecule is COc1cc(OC)c(/C(O)=C2\C(=O)C(=O)N(c3ccc(C)c(C)c3)C2c2ccccn2)cc1Cl. The van der Waals surface area contributed by atoms with Crippen molar-refractivity contribution in [1.29, 1.82) is 0 Å². The first-order valence-corrected chi connectivity index (χ1v) is 10.9. The summed E-state index contributed by atoms with van der Waals surface area (Å²) in [6, 6.07) is 12.7. The van der Waals surface area contributed by atoms with E-state index in [9.17, 15) is 14.7 Å². The highest BCUT2D eigenvalue weighted by Crippen LogP contribution is 2.44. The average Bonchev–Trinajstić information content (AvgIpc) is 3.11. The van der Waals surface area contributed by atoms with Gasteiger partial charge in [-0.2, -0.15) is 0 Å². The van der Waals surface area contributed by atoms with Crippen LogP contribution >= 0.6 is 11.6 Å². The van der Waals surface area contributed by atoms with Gasteiger partial charge in [-0.3, -0.25) is 19.5 Å². The van der Waals surface area contributed by atoms with Crippen LogP contribution in [-0.2, 0) is 9.59 Å². The van der Waals surface area contributed by atoms with Crippen LogP contribution in [0.5, 0.6) is 11.5 Å². The van der Waals surface area contributed by atoms with Crippen LogP contribution in [0.15, 0.2) is 60.3 Å². The number of aliphatic hydroxyl groups excluding tert-OH is 1. The second-order valence-electron chi connectivity index (χ2n) is 7.88. The van der Waals surface area contributed by atoms with Crippen LogP contribution in [0.25, 0.3) is 5.76 Å². The Morgan fingerprint density at radius 1 is 1.00 bits per heavy atom. The fraction of sp³-hybridized carbons (Fsp3) is 0.192. The highest BCUT2D eigenvalue weighted by molar-refractivity contribution is 6.51. The van der Waals surface area contributed by atoms with Gasteiger partial charge in [-0.05, 0) is 55.3 Å². The zero-order valence-corrected chi connectivity index (χ0v) is 19.9. The molecule has 7 nitrogen and oxygen atoms in total. The van der Waals surface area contributed by atoms with Crippen LogP contribution in [0.2, 0.25) is 5.02 Å². The number of ketones is 1. The van der Waals surface area contributed by atoms with E-state index in [0.29, 0.717) is 17.1 Å². The molecule has 0 spiro atoms. The van der Waals surface area contributed by atoms with Crippen molar-refractivity contribution in [1.82, 2.24) is 4.98 Å². The molecule has 0 aliphatic carbocycles. The van der Waals surface area contributed by atoms with E-state index in [4.69, 9.17) is 21.1 Å². The zero-order chi connectivity index (χ0) is 24.6. The maximum atomic E-state index is 13.3. The van der Waals surface area contributed by atoms with Gasteiger partial charge in [0.25, 0.3) is 11.7 Å². The number of carbonyl (C=O) groups is 2. The first-order valence-electron chi connectivity index (χ1n) is 10.5. The normalized spacial score (nSPS) is 17.2. The first-order chi connectivity index (χ1) is 16.3. The van der Waals surface area contributed by atoms with Gasteiger partial charge in [0.15, 0.2) is 0 Å². The lowest BCUT2D eigenvalue weighted by atomic mass is 9.97. The molecule has 1 unspecified atom stereocenters. The van der Waals surface area contributed by atoms with Crippen LogP contribution in [-0.4, -0.2) is 36.0 Å². The van der Waals surface area contributed by atoms with Crippen molar-refractivity contribution < 1.29 is 24.2 Å². The van der Waals surface area contributed by atoms with E-state index < -0.39 is 23.5 Å². The quantitative estimate of drug-likeness (QED) is 0.315. The summed E-state index contributed by atoms with van der Waals surface area (Å²) in [5.41, 5.74) is 3.02. The molecule has 1 N–H and O–H groups in total. The second-order valence-corrected chi connectivity index (χ2v) is 8.29. The summed E-state index contributed by atoms with van der Waals surface area (Å²) >= 11 is 6.30. The number of benzene rings is 2. The van der Waals surface area contributed by atoms with E-state index in [1.165, 1.54) is 31.3 Å². The lowest BCUT2D eigenvalue weighted by Gasteiger charge is -2.25. The van der Waals surface area contributed by atoms with Crippen molar-refractivity contribution in [3.63, 3.8) is 0 Å². The summed E-state index contributed by atoms with van der Waals surface area (Å²) in [6.45, 7) is 3.89. The Kier molecular flexibility index (Phi) is 6.30. The molecule has 0 saturated carbocycles. The second kappa shape index (κ2) is 9.19. The molecule has 174 valence electrons. The maximum absolute atomic E-state index is 13.3. The number of anilines is 1. The number of Topliss-reactive ketones (excluding diaryl/α,β-unsaturated/α-hetero) is 1. The molecule has 3 aromatic rings. The Balaban J connectivity index is 1.98. The summed E-state index contributed by atoms with van der Waals surface area (Å²) in [5, 5.41) is 11.6. The average molecular weight is 479 g/mol. The number of aliphatic hydroxyl groups is 1. The molecule has 1 saturated heterocycles. The molecule has 0 radical (unpaired) electrons. The predicted octanol–water partition coefficient (Wildman–Crippen LogP) is 5.00. The fourth-order valence-corrected chi connectivity index (χ4v) is 4.22. The number of aromatic nitrogens is 1. The van der Waals surface area contributed by atoms with Crippen LogP contribution in [0, 0.1) is 13.8 Å². The van der Waals surface area contributed by atoms with Crippen molar-refractivity contribution in [2.75, 3.05) is 19.1 Å². The third kappa shape index (κ3) is 3.88. The van der Waals surface area contributed by atoms with Gasteiger partial charge in [0.05, 0.1) is 36.1 Å². The number of carbonyl (C=O) groups excluding carboxylic acids is 2. The summed E-state index contributed by atoms with van der Waals surface area (Å²) in [7, 11) is 2.87. The van der Waals surface area contributed by atoms with Crippen molar-refractivity contribution >= 4 is 34.7 Å². The van der Waals surface area contributed by atoms with Crippen LogP contribution < -0.4 is 14.4 Å². The van der Waals surface area contributed by atoms with Gasteiger partial charge >= 0.3 is 0 Å². The molecule has 2 heterocycles. The molecule has 1 aliphatic rings. The number of rotatable bonds is 5. The minimum atomic E-state index is -0.950. The van der Waals surface area contributed by atoms with E-state index >= 15 is 0 Å². The zero-order valence-electron chi connectivity index (χ0n) is 19.1. The summed E-state index contributed by atoms with van der Waals surface area (Å²) < 4.78 is 10.6. The van der Waals surface area contributed by atoms with Crippen molar-refractivity contribution in [2.45, 2.75) is 19.9 Å². The Morgan fingerprint density at radius 2 is 1.74 bits per heavy atom. The molecule has 4 rings (SSSR count). The highest BCUT2D eigenvalue weighted by Gasteiger charge is 2.48. The first kappa shape index (κ1) is 23.3. The number of halogens is 1. The molecule has 1 fully saturated rings. The summed E-state index contributed by atoms with van der Waals surface area (Å²) in [4.78, 5) is 32.3. The number of methoxy groups -OCH3 is 2.